The van der Waals surface area contributed by atoms with Gasteiger partial charge in [-0.2, -0.15) is 0 Å². The molecule has 4 nitrogen and oxygen atoms in total. The Morgan fingerprint density at radius 3 is 2.67 bits per heavy atom. The number of hydrogen-bond donors (Lipinski definition) is 1. The van der Waals surface area contributed by atoms with E-state index < -0.39 is 0 Å². The number of rotatable bonds is 6. The molecule has 2 heterocycles. The van der Waals surface area contributed by atoms with Gasteiger partial charge in [0.2, 0.25) is 0 Å². The number of thiophene rings is 1. The molecule has 0 atom stereocenters. The van der Waals surface area contributed by atoms with Gasteiger partial charge in [0.05, 0.1) is 11.4 Å². The zero-order valence-corrected chi connectivity index (χ0v) is 13.1. The van der Waals surface area contributed by atoms with Crippen LogP contribution in [0.3, 0.4) is 0 Å². The van der Waals surface area contributed by atoms with Gasteiger partial charge in [-0.3, -0.25) is 4.57 Å². The van der Waals surface area contributed by atoms with Gasteiger partial charge in [0.1, 0.15) is 0 Å². The molecule has 2 N–H and O–H groups in total. The van der Waals surface area contributed by atoms with Crippen LogP contribution >= 0.6 is 23.1 Å². The molecule has 0 aliphatic carbocycles. The second-order valence-electron chi connectivity index (χ2n) is 4.49. The summed E-state index contributed by atoms with van der Waals surface area (Å²) in [5.41, 5.74) is 6.84. The maximum atomic E-state index is 5.60. The molecular weight excluding hydrogens is 300 g/mol. The molecule has 108 valence electrons. The molecule has 0 aliphatic rings. The van der Waals surface area contributed by atoms with Crippen LogP contribution in [-0.2, 0) is 6.54 Å². The van der Waals surface area contributed by atoms with E-state index in [2.05, 4.69) is 50.5 Å². The minimum Gasteiger partial charge on any atom is -0.330 e. The van der Waals surface area contributed by atoms with Gasteiger partial charge in [0, 0.05) is 12.3 Å². The summed E-state index contributed by atoms with van der Waals surface area (Å²) >= 11 is 3.33. The topological polar surface area (TPSA) is 56.7 Å². The van der Waals surface area contributed by atoms with Crippen molar-refractivity contribution in [3.05, 3.63) is 53.4 Å². The van der Waals surface area contributed by atoms with Crippen molar-refractivity contribution in [1.82, 2.24) is 14.8 Å². The van der Waals surface area contributed by atoms with Gasteiger partial charge in [0.15, 0.2) is 11.0 Å². The van der Waals surface area contributed by atoms with Gasteiger partial charge in [-0.15, -0.1) is 21.5 Å². The Bertz CT molecular complexity index is 677. The quantitative estimate of drug-likeness (QED) is 0.710. The van der Waals surface area contributed by atoms with Gasteiger partial charge in [-0.1, -0.05) is 48.2 Å². The highest BCUT2D eigenvalue weighted by atomic mass is 32.2. The summed E-state index contributed by atoms with van der Waals surface area (Å²) in [7, 11) is 0. The average Bonchev–Trinajstić information content (AvgIpc) is 3.16. The van der Waals surface area contributed by atoms with E-state index in [4.69, 9.17) is 5.73 Å². The standard InChI is InChI=1S/C15H16N4S2/c16-8-10-21-15-18-17-14(13-7-4-9-20-13)19(15)11-12-5-2-1-3-6-12/h1-7,9H,8,10-11,16H2. The van der Waals surface area contributed by atoms with Gasteiger partial charge in [-0.05, 0) is 17.0 Å². The van der Waals surface area contributed by atoms with E-state index in [0.717, 1.165) is 28.2 Å². The summed E-state index contributed by atoms with van der Waals surface area (Å²) in [6.45, 7) is 1.41. The van der Waals surface area contributed by atoms with Crippen molar-refractivity contribution in [2.45, 2.75) is 11.7 Å². The summed E-state index contributed by atoms with van der Waals surface area (Å²) < 4.78 is 2.17. The third-order valence-corrected chi connectivity index (χ3v) is 4.86. The molecule has 1 aromatic carbocycles. The van der Waals surface area contributed by atoms with Gasteiger partial charge < -0.3 is 5.73 Å². The lowest BCUT2D eigenvalue weighted by atomic mass is 10.2. The maximum absolute atomic E-state index is 5.60. The van der Waals surface area contributed by atoms with Crippen molar-refractivity contribution >= 4 is 23.1 Å². The molecule has 0 saturated carbocycles. The fraction of sp³-hybridized carbons (Fsp3) is 0.200. The Labute approximate surface area is 132 Å². The number of hydrogen-bond acceptors (Lipinski definition) is 5. The van der Waals surface area contributed by atoms with Gasteiger partial charge in [-0.25, -0.2) is 0 Å². The molecule has 3 aromatic rings. The molecule has 0 amide bonds. The first-order valence-corrected chi connectivity index (χ1v) is 8.59. The summed E-state index contributed by atoms with van der Waals surface area (Å²) in [5, 5.41) is 11.7. The van der Waals surface area contributed by atoms with E-state index in [1.807, 2.05) is 12.1 Å². The highest BCUT2D eigenvalue weighted by Gasteiger charge is 2.15. The highest BCUT2D eigenvalue weighted by Crippen LogP contribution is 2.27. The van der Waals surface area contributed by atoms with Crippen LogP contribution in [0.15, 0.2) is 53.0 Å². The Hall–Kier alpha value is -1.63. The molecule has 6 heteroatoms. The van der Waals surface area contributed by atoms with Crippen LogP contribution in [0.25, 0.3) is 10.7 Å². The molecule has 2 aromatic heterocycles. The lowest BCUT2D eigenvalue weighted by molar-refractivity contribution is 0.715. The maximum Gasteiger partial charge on any atom is 0.191 e. The zero-order valence-electron chi connectivity index (χ0n) is 11.5. The smallest absolute Gasteiger partial charge is 0.191 e. The molecule has 21 heavy (non-hydrogen) atoms. The first kappa shape index (κ1) is 14.3. The monoisotopic (exact) mass is 316 g/mol. The van der Waals surface area contributed by atoms with Crippen molar-refractivity contribution in [3.63, 3.8) is 0 Å². The second-order valence-corrected chi connectivity index (χ2v) is 6.50. The number of nitrogens with two attached hydrogens (primary N) is 1. The van der Waals surface area contributed by atoms with Crippen LogP contribution in [0.1, 0.15) is 5.56 Å². The SMILES string of the molecule is NCCSc1nnc(-c2cccs2)n1Cc1ccccc1. The number of aromatic nitrogens is 3. The van der Waals surface area contributed by atoms with E-state index in [1.165, 1.54) is 5.56 Å². The molecular formula is C15H16N4S2. The van der Waals surface area contributed by atoms with E-state index in [9.17, 15) is 0 Å². The van der Waals surface area contributed by atoms with Crippen LogP contribution in [0.4, 0.5) is 0 Å². The Morgan fingerprint density at radius 1 is 1.10 bits per heavy atom. The first-order chi connectivity index (χ1) is 10.4. The molecule has 0 spiro atoms. The van der Waals surface area contributed by atoms with E-state index in [-0.39, 0.29) is 0 Å². The zero-order chi connectivity index (χ0) is 14.5. The second kappa shape index (κ2) is 6.89. The number of benzene rings is 1. The van der Waals surface area contributed by atoms with Crippen molar-refractivity contribution < 1.29 is 0 Å². The number of nitrogens with zero attached hydrogens (tertiary/aromatic N) is 3. The predicted octanol–water partition coefficient (Wildman–Crippen LogP) is 3.11. The molecule has 0 saturated heterocycles. The molecule has 0 fully saturated rings. The Balaban J connectivity index is 1.96. The van der Waals surface area contributed by atoms with E-state index in [0.29, 0.717) is 6.54 Å². The fourth-order valence-corrected chi connectivity index (χ4v) is 3.47. The van der Waals surface area contributed by atoms with Crippen LogP contribution in [-0.4, -0.2) is 27.1 Å². The van der Waals surface area contributed by atoms with Gasteiger partial charge >= 0.3 is 0 Å². The lowest BCUT2D eigenvalue weighted by Gasteiger charge is -2.09. The first-order valence-electron chi connectivity index (χ1n) is 6.72. The van der Waals surface area contributed by atoms with Crippen LogP contribution in [0.5, 0.6) is 0 Å². The molecule has 3 rings (SSSR count). The normalized spacial score (nSPS) is 10.9. The summed E-state index contributed by atoms with van der Waals surface area (Å²) in [6, 6.07) is 14.5. The Kier molecular flexibility index (Phi) is 4.69. The van der Waals surface area contributed by atoms with Crippen LogP contribution in [0, 0.1) is 0 Å². The van der Waals surface area contributed by atoms with E-state index in [1.54, 1.807) is 23.1 Å². The Morgan fingerprint density at radius 2 is 1.95 bits per heavy atom. The third kappa shape index (κ3) is 3.34. The highest BCUT2D eigenvalue weighted by molar-refractivity contribution is 7.99. The molecule has 0 aliphatic heterocycles. The fourth-order valence-electron chi connectivity index (χ4n) is 2.04. The lowest BCUT2D eigenvalue weighted by Crippen LogP contribution is -2.06. The van der Waals surface area contributed by atoms with E-state index >= 15 is 0 Å². The van der Waals surface area contributed by atoms with Crippen molar-refractivity contribution in [2.24, 2.45) is 5.73 Å². The molecule has 0 unspecified atom stereocenters. The minimum atomic E-state index is 0.636. The predicted molar refractivity (Wildman–Crippen MR) is 88.7 cm³/mol. The van der Waals surface area contributed by atoms with Crippen LogP contribution in [0.2, 0.25) is 0 Å². The third-order valence-electron chi connectivity index (χ3n) is 2.99. The van der Waals surface area contributed by atoms with Crippen LogP contribution < -0.4 is 5.73 Å². The summed E-state index contributed by atoms with van der Waals surface area (Å²) in [5.74, 6) is 1.77. The molecule has 0 bridgehead atoms. The van der Waals surface area contributed by atoms with Crippen molar-refractivity contribution in [2.75, 3.05) is 12.3 Å². The largest absolute Gasteiger partial charge is 0.330 e. The summed E-state index contributed by atoms with van der Waals surface area (Å²) in [6.07, 6.45) is 0. The van der Waals surface area contributed by atoms with Gasteiger partial charge in [0.25, 0.3) is 0 Å². The van der Waals surface area contributed by atoms with Crippen molar-refractivity contribution in [1.29, 1.82) is 0 Å². The minimum absolute atomic E-state index is 0.636. The average molecular weight is 316 g/mol. The summed E-state index contributed by atoms with van der Waals surface area (Å²) in [4.78, 5) is 1.14. The van der Waals surface area contributed by atoms with Crippen molar-refractivity contribution in [3.8, 4) is 10.7 Å². The molecule has 0 radical (unpaired) electrons. The number of thioether (sulfide) groups is 1.